The molecular weight excluding hydrogens is 484 g/mol. The minimum Gasteiger partial charge on any atom is -0.493 e. The third kappa shape index (κ3) is 5.37. The number of rotatable bonds is 9. The van der Waals surface area contributed by atoms with Crippen LogP contribution in [0.25, 0.3) is 11.1 Å². The van der Waals surface area contributed by atoms with Crippen LogP contribution in [0, 0.1) is 11.7 Å². The van der Waals surface area contributed by atoms with Gasteiger partial charge in [0.25, 0.3) is 0 Å². The summed E-state index contributed by atoms with van der Waals surface area (Å²) < 4.78 is 32.7. The number of carboxylic acid groups (broad SMARTS) is 1. The number of allylic oxidation sites excluding steroid dienone is 1. The second-order valence-corrected chi connectivity index (χ2v) is 10.3. The van der Waals surface area contributed by atoms with Crippen LogP contribution in [0.4, 0.5) is 8.78 Å². The van der Waals surface area contributed by atoms with Gasteiger partial charge in [0.15, 0.2) is 11.6 Å². The lowest BCUT2D eigenvalue weighted by molar-refractivity contribution is 0.0696. The van der Waals surface area contributed by atoms with Crippen molar-refractivity contribution in [3.05, 3.63) is 99.9 Å². The van der Waals surface area contributed by atoms with Crippen molar-refractivity contribution in [2.24, 2.45) is 5.92 Å². The maximum atomic E-state index is 14.7. The van der Waals surface area contributed by atoms with E-state index in [9.17, 15) is 18.7 Å². The van der Waals surface area contributed by atoms with Crippen LogP contribution in [0.2, 0.25) is 0 Å². The summed E-state index contributed by atoms with van der Waals surface area (Å²) in [6.07, 6.45) is 3.84. The Labute approximate surface area is 222 Å². The first kappa shape index (κ1) is 26.1. The molecule has 1 heterocycles. The molecule has 3 aromatic rings. The van der Waals surface area contributed by atoms with Crippen molar-refractivity contribution < 1.29 is 23.4 Å². The van der Waals surface area contributed by atoms with E-state index in [1.807, 2.05) is 12.1 Å². The Morgan fingerprint density at radius 2 is 1.84 bits per heavy atom. The van der Waals surface area contributed by atoms with Crippen LogP contribution in [0.3, 0.4) is 0 Å². The van der Waals surface area contributed by atoms with Gasteiger partial charge in [-0.15, -0.1) is 0 Å². The first-order valence-electron chi connectivity index (χ1n) is 13.3. The van der Waals surface area contributed by atoms with Crippen LogP contribution in [-0.4, -0.2) is 49.4 Å². The summed E-state index contributed by atoms with van der Waals surface area (Å²) in [5.41, 5.74) is 7.21. The first-order valence-corrected chi connectivity index (χ1v) is 13.3. The van der Waals surface area contributed by atoms with E-state index >= 15 is 0 Å². The van der Waals surface area contributed by atoms with Crippen molar-refractivity contribution in [1.29, 1.82) is 0 Å². The fourth-order valence-electron chi connectivity index (χ4n) is 5.89. The molecule has 1 aliphatic heterocycles. The molecule has 2 aliphatic rings. The monoisotopic (exact) mass is 517 g/mol. The highest BCUT2D eigenvalue weighted by Crippen LogP contribution is 2.43. The number of methoxy groups -OCH3 is 1. The van der Waals surface area contributed by atoms with E-state index in [-0.39, 0.29) is 18.0 Å². The standard InChI is InChI=1S/C32H33F2NO3/c1-38-31-28(7-3-8-29(31)34)27-6-2-5-24-18-25(32(36)37)13-14-26(24)30(27)23-11-9-21(10-12-23)17-22-19-35(20-22)16-4-15-33/h3,7-14,18,22H,2,4-6,15-17,19-20H2,1H3,(H,36,37). The minimum atomic E-state index is -0.946. The number of nitrogens with zero attached hydrogens (tertiary/aromatic N) is 1. The molecule has 0 bridgehead atoms. The summed E-state index contributed by atoms with van der Waals surface area (Å²) in [4.78, 5) is 14.0. The second kappa shape index (κ2) is 11.5. The lowest BCUT2D eigenvalue weighted by Crippen LogP contribution is -2.47. The van der Waals surface area contributed by atoms with Crippen molar-refractivity contribution in [3.8, 4) is 5.75 Å². The van der Waals surface area contributed by atoms with Crippen LogP contribution < -0.4 is 4.74 Å². The lowest BCUT2D eigenvalue weighted by Gasteiger charge is -2.39. The molecule has 1 saturated heterocycles. The second-order valence-electron chi connectivity index (χ2n) is 10.3. The molecule has 198 valence electrons. The summed E-state index contributed by atoms with van der Waals surface area (Å²) in [5, 5.41) is 9.57. The SMILES string of the molecule is COc1c(F)cccc1C1=C(c2ccc(CC3CN(CCCF)C3)cc2)c2ccc(C(=O)O)cc2CCC1. The molecule has 0 atom stereocenters. The number of carbonyl (C=O) groups is 1. The Hall–Kier alpha value is -3.51. The molecule has 3 aromatic carbocycles. The molecule has 6 heteroatoms. The fourth-order valence-corrected chi connectivity index (χ4v) is 5.89. The molecular formula is C32H33F2NO3. The highest BCUT2D eigenvalue weighted by Gasteiger charge is 2.27. The molecule has 1 N–H and O–H groups in total. The molecule has 0 amide bonds. The number of para-hydroxylation sites is 1. The van der Waals surface area contributed by atoms with Crippen molar-refractivity contribution in [1.82, 2.24) is 4.90 Å². The number of halogens is 2. The van der Waals surface area contributed by atoms with Gasteiger partial charge in [-0.1, -0.05) is 42.5 Å². The number of fused-ring (bicyclic) bond motifs is 1. The van der Waals surface area contributed by atoms with Crippen LogP contribution in [0.15, 0.2) is 60.7 Å². The summed E-state index contributed by atoms with van der Waals surface area (Å²) in [6.45, 7) is 2.59. The van der Waals surface area contributed by atoms with Gasteiger partial charge in [-0.05, 0) is 89.6 Å². The van der Waals surface area contributed by atoms with Crippen molar-refractivity contribution in [3.63, 3.8) is 0 Å². The molecule has 38 heavy (non-hydrogen) atoms. The van der Waals surface area contributed by atoms with Crippen LogP contribution in [-0.2, 0) is 12.8 Å². The Balaban J connectivity index is 1.53. The zero-order valence-electron chi connectivity index (χ0n) is 21.7. The number of ether oxygens (including phenoxy) is 1. The topological polar surface area (TPSA) is 49.8 Å². The molecule has 1 fully saturated rings. The van der Waals surface area contributed by atoms with Gasteiger partial charge >= 0.3 is 5.97 Å². The van der Waals surface area contributed by atoms with E-state index in [1.165, 1.54) is 18.7 Å². The zero-order valence-corrected chi connectivity index (χ0v) is 21.7. The third-order valence-corrected chi connectivity index (χ3v) is 7.70. The number of hydrogen-bond acceptors (Lipinski definition) is 3. The molecule has 1 aliphatic carbocycles. The number of aryl methyl sites for hydroxylation is 1. The van der Waals surface area contributed by atoms with Gasteiger partial charge in [0.1, 0.15) is 0 Å². The molecule has 0 saturated carbocycles. The van der Waals surface area contributed by atoms with Gasteiger partial charge in [0.2, 0.25) is 0 Å². The maximum absolute atomic E-state index is 14.7. The van der Waals surface area contributed by atoms with Crippen LogP contribution in [0.1, 0.15) is 57.4 Å². The predicted molar refractivity (Wildman–Crippen MR) is 146 cm³/mol. The number of alkyl halides is 1. The van der Waals surface area contributed by atoms with Crippen molar-refractivity contribution >= 4 is 17.1 Å². The number of aromatic carboxylic acids is 1. The van der Waals surface area contributed by atoms with Gasteiger partial charge in [0.05, 0.1) is 19.3 Å². The Morgan fingerprint density at radius 1 is 1.05 bits per heavy atom. The average Bonchev–Trinajstić information content (AvgIpc) is 3.09. The summed E-state index contributed by atoms with van der Waals surface area (Å²) in [6, 6.07) is 18.9. The Morgan fingerprint density at radius 3 is 2.55 bits per heavy atom. The van der Waals surface area contributed by atoms with E-state index in [1.54, 1.807) is 18.2 Å². The zero-order chi connectivity index (χ0) is 26.6. The first-order chi connectivity index (χ1) is 18.5. The van der Waals surface area contributed by atoms with Crippen LogP contribution in [0.5, 0.6) is 5.75 Å². The molecule has 0 unspecified atom stereocenters. The number of likely N-dealkylation sites (tertiary alicyclic amines) is 1. The maximum Gasteiger partial charge on any atom is 0.335 e. The van der Waals surface area contributed by atoms with Gasteiger partial charge in [0, 0.05) is 25.2 Å². The third-order valence-electron chi connectivity index (χ3n) is 7.70. The smallest absolute Gasteiger partial charge is 0.335 e. The van der Waals surface area contributed by atoms with E-state index in [0.717, 1.165) is 72.3 Å². The van der Waals surface area contributed by atoms with E-state index in [4.69, 9.17) is 4.74 Å². The van der Waals surface area contributed by atoms with Gasteiger partial charge in [-0.25, -0.2) is 9.18 Å². The van der Waals surface area contributed by atoms with Gasteiger partial charge < -0.3 is 14.7 Å². The van der Waals surface area contributed by atoms with Gasteiger partial charge in [-0.3, -0.25) is 4.39 Å². The van der Waals surface area contributed by atoms with Gasteiger partial charge in [-0.2, -0.15) is 0 Å². The van der Waals surface area contributed by atoms with E-state index in [0.29, 0.717) is 18.8 Å². The average molecular weight is 518 g/mol. The highest BCUT2D eigenvalue weighted by atomic mass is 19.1. The lowest BCUT2D eigenvalue weighted by atomic mass is 9.86. The van der Waals surface area contributed by atoms with E-state index < -0.39 is 11.8 Å². The molecule has 0 spiro atoms. The van der Waals surface area contributed by atoms with Crippen molar-refractivity contribution in [2.45, 2.75) is 32.1 Å². The van der Waals surface area contributed by atoms with Crippen molar-refractivity contribution in [2.75, 3.05) is 33.4 Å². The summed E-state index contributed by atoms with van der Waals surface area (Å²) in [7, 11) is 1.49. The van der Waals surface area contributed by atoms with Crippen LogP contribution >= 0.6 is 0 Å². The van der Waals surface area contributed by atoms with E-state index in [2.05, 4.69) is 29.2 Å². The molecule has 4 nitrogen and oxygen atoms in total. The highest BCUT2D eigenvalue weighted by molar-refractivity contribution is 6.01. The number of benzene rings is 3. The summed E-state index contributed by atoms with van der Waals surface area (Å²) in [5.74, 6) is -0.540. The summed E-state index contributed by atoms with van der Waals surface area (Å²) >= 11 is 0. The fraction of sp³-hybridized carbons (Fsp3) is 0.344. The number of hydrogen-bond donors (Lipinski definition) is 1. The normalized spacial score (nSPS) is 16.1. The molecule has 5 rings (SSSR count). The number of carboxylic acids is 1. The quantitative estimate of drug-likeness (QED) is 0.345. The Kier molecular flexibility index (Phi) is 7.89. The Bertz CT molecular complexity index is 1340. The minimum absolute atomic E-state index is 0.226. The molecule has 0 aromatic heterocycles. The molecule has 0 radical (unpaired) electrons. The predicted octanol–water partition coefficient (Wildman–Crippen LogP) is 6.66. The largest absolute Gasteiger partial charge is 0.493 e.